The first-order valence-corrected chi connectivity index (χ1v) is 9.64. The average molecular weight is 387 g/mol. The molecule has 3 rings (SSSR count). The Bertz CT molecular complexity index is 845. The molecule has 2 aromatic carbocycles. The van der Waals surface area contributed by atoms with E-state index in [1.165, 1.54) is 24.3 Å². The summed E-state index contributed by atoms with van der Waals surface area (Å²) in [7, 11) is -3.75. The molecule has 24 heavy (non-hydrogen) atoms. The number of benzene rings is 2. The van der Waals surface area contributed by atoms with Crippen LogP contribution in [0.15, 0.2) is 53.4 Å². The standard InChI is InChI=1S/C17H16Cl2O4S/c18-12-4-6-14(7-5-12)24(22,23)16-15(17(16,9-20)10-21)11-2-1-3-13(19)8-11/h1-8,15-16,20-21H,9-10H2/t15-,16+/m1/s1. The highest BCUT2D eigenvalue weighted by molar-refractivity contribution is 7.92. The number of aliphatic hydroxyl groups excluding tert-OH is 2. The van der Waals surface area contributed by atoms with E-state index in [4.69, 9.17) is 23.2 Å². The lowest BCUT2D eigenvalue weighted by molar-refractivity contribution is 0.130. The molecule has 1 aliphatic rings. The van der Waals surface area contributed by atoms with Crippen LogP contribution in [0.4, 0.5) is 0 Å². The fourth-order valence-corrected chi connectivity index (χ4v) is 6.10. The first-order chi connectivity index (χ1) is 11.4. The molecule has 1 aliphatic carbocycles. The van der Waals surface area contributed by atoms with Crippen molar-refractivity contribution in [3.05, 3.63) is 64.1 Å². The Labute approximate surface area is 150 Å². The maximum Gasteiger partial charge on any atom is 0.182 e. The molecule has 2 atom stereocenters. The zero-order chi connectivity index (χ0) is 17.5. The van der Waals surface area contributed by atoms with Gasteiger partial charge in [-0.05, 0) is 42.0 Å². The maximum atomic E-state index is 13.0. The number of aliphatic hydroxyl groups is 2. The summed E-state index contributed by atoms with van der Waals surface area (Å²) in [5.74, 6) is -0.521. The molecule has 2 N–H and O–H groups in total. The van der Waals surface area contributed by atoms with Gasteiger partial charge in [0.25, 0.3) is 0 Å². The van der Waals surface area contributed by atoms with E-state index in [9.17, 15) is 18.6 Å². The molecule has 1 fully saturated rings. The Morgan fingerprint density at radius 3 is 2.12 bits per heavy atom. The molecular formula is C17H16Cl2O4S. The van der Waals surface area contributed by atoms with Gasteiger partial charge in [0.15, 0.2) is 9.84 Å². The lowest BCUT2D eigenvalue weighted by Gasteiger charge is -2.11. The number of rotatable bonds is 5. The van der Waals surface area contributed by atoms with Crippen molar-refractivity contribution in [2.45, 2.75) is 16.1 Å². The Hall–Kier alpha value is -1.11. The van der Waals surface area contributed by atoms with Gasteiger partial charge in [-0.1, -0.05) is 35.3 Å². The van der Waals surface area contributed by atoms with E-state index in [2.05, 4.69) is 0 Å². The molecule has 0 heterocycles. The predicted octanol–water partition coefficient (Wildman–Crippen LogP) is 2.90. The van der Waals surface area contributed by atoms with E-state index in [1.807, 2.05) is 0 Å². The normalized spacial score (nSPS) is 22.3. The van der Waals surface area contributed by atoms with Crippen LogP contribution in [0, 0.1) is 5.41 Å². The van der Waals surface area contributed by atoms with Crippen LogP contribution < -0.4 is 0 Å². The number of hydrogen-bond donors (Lipinski definition) is 2. The molecule has 1 saturated carbocycles. The van der Waals surface area contributed by atoms with Gasteiger partial charge in [0, 0.05) is 21.4 Å². The van der Waals surface area contributed by atoms with E-state index in [1.54, 1.807) is 24.3 Å². The lowest BCUT2D eigenvalue weighted by Crippen LogP contribution is -2.23. The van der Waals surface area contributed by atoms with Crippen LogP contribution >= 0.6 is 23.2 Å². The third-order valence-electron chi connectivity index (χ3n) is 4.65. The molecule has 7 heteroatoms. The second kappa shape index (κ2) is 6.32. The van der Waals surface area contributed by atoms with Gasteiger partial charge in [0.05, 0.1) is 23.4 Å². The van der Waals surface area contributed by atoms with Gasteiger partial charge in [0.1, 0.15) is 0 Å². The summed E-state index contributed by atoms with van der Waals surface area (Å²) in [5.41, 5.74) is -0.434. The summed E-state index contributed by atoms with van der Waals surface area (Å²) in [6.07, 6.45) is 0. The molecule has 0 amide bonds. The molecule has 0 unspecified atom stereocenters. The van der Waals surface area contributed by atoms with Gasteiger partial charge in [-0.2, -0.15) is 0 Å². The minimum Gasteiger partial charge on any atom is -0.396 e. The van der Waals surface area contributed by atoms with Crippen molar-refractivity contribution in [1.82, 2.24) is 0 Å². The van der Waals surface area contributed by atoms with Crippen molar-refractivity contribution in [2.24, 2.45) is 5.41 Å². The van der Waals surface area contributed by atoms with E-state index in [0.29, 0.717) is 15.6 Å². The summed E-state index contributed by atoms with van der Waals surface area (Å²) >= 11 is 11.8. The molecule has 0 bridgehead atoms. The number of sulfone groups is 1. The molecule has 0 aliphatic heterocycles. The van der Waals surface area contributed by atoms with Crippen molar-refractivity contribution in [1.29, 1.82) is 0 Å². The van der Waals surface area contributed by atoms with E-state index >= 15 is 0 Å². The Kier molecular flexibility index (Phi) is 4.66. The van der Waals surface area contributed by atoms with Crippen molar-refractivity contribution in [3.8, 4) is 0 Å². The van der Waals surface area contributed by atoms with Crippen LogP contribution in [0.25, 0.3) is 0 Å². The van der Waals surface area contributed by atoms with Gasteiger partial charge in [-0.3, -0.25) is 0 Å². The average Bonchev–Trinajstić information content (AvgIpc) is 3.26. The second-order valence-corrected chi connectivity index (χ2v) is 8.94. The molecule has 2 aromatic rings. The van der Waals surface area contributed by atoms with Crippen LogP contribution in [0.2, 0.25) is 10.0 Å². The molecule has 0 aromatic heterocycles. The zero-order valence-corrected chi connectivity index (χ0v) is 14.9. The number of hydrogen-bond acceptors (Lipinski definition) is 4. The van der Waals surface area contributed by atoms with E-state index < -0.39 is 39.6 Å². The highest BCUT2D eigenvalue weighted by Crippen LogP contribution is 2.63. The summed E-state index contributed by atoms with van der Waals surface area (Å²) in [6.45, 7) is -0.865. The molecular weight excluding hydrogens is 371 g/mol. The van der Waals surface area contributed by atoms with E-state index in [0.717, 1.165) is 0 Å². The first-order valence-electron chi connectivity index (χ1n) is 7.33. The van der Waals surface area contributed by atoms with Gasteiger partial charge in [-0.15, -0.1) is 0 Å². The molecule has 0 spiro atoms. The summed E-state index contributed by atoms with van der Waals surface area (Å²) in [6, 6.07) is 12.7. The quantitative estimate of drug-likeness (QED) is 0.828. The van der Waals surface area contributed by atoms with Crippen molar-refractivity contribution >= 4 is 33.0 Å². The highest BCUT2D eigenvalue weighted by Gasteiger charge is 2.70. The lowest BCUT2D eigenvalue weighted by atomic mass is 10.0. The van der Waals surface area contributed by atoms with Crippen LogP contribution in [0.5, 0.6) is 0 Å². The minimum absolute atomic E-state index is 0.118. The van der Waals surface area contributed by atoms with Crippen molar-refractivity contribution in [2.75, 3.05) is 13.2 Å². The zero-order valence-electron chi connectivity index (χ0n) is 12.6. The topological polar surface area (TPSA) is 74.6 Å². The SMILES string of the molecule is O=S(=O)(c1ccc(Cl)cc1)[C@H]1[C@@H](c2cccc(Cl)c2)C1(CO)CO. The van der Waals surface area contributed by atoms with Gasteiger partial charge < -0.3 is 10.2 Å². The van der Waals surface area contributed by atoms with Crippen LogP contribution in [0.3, 0.4) is 0 Å². The smallest absolute Gasteiger partial charge is 0.182 e. The summed E-state index contributed by atoms with van der Waals surface area (Å²) in [4.78, 5) is 0.118. The van der Waals surface area contributed by atoms with Crippen molar-refractivity contribution in [3.63, 3.8) is 0 Å². The third-order valence-corrected chi connectivity index (χ3v) is 7.48. The molecule has 0 radical (unpaired) electrons. The Morgan fingerprint density at radius 2 is 1.58 bits per heavy atom. The largest absolute Gasteiger partial charge is 0.396 e. The predicted molar refractivity (Wildman–Crippen MR) is 93.2 cm³/mol. The van der Waals surface area contributed by atoms with Crippen LogP contribution in [-0.4, -0.2) is 37.1 Å². The highest BCUT2D eigenvalue weighted by atomic mass is 35.5. The molecule has 0 saturated heterocycles. The van der Waals surface area contributed by atoms with E-state index in [-0.39, 0.29) is 4.90 Å². The summed E-state index contributed by atoms with van der Waals surface area (Å²) < 4.78 is 26.0. The van der Waals surface area contributed by atoms with Crippen LogP contribution in [0.1, 0.15) is 11.5 Å². The summed E-state index contributed by atoms with van der Waals surface area (Å²) in [5, 5.41) is 19.6. The van der Waals surface area contributed by atoms with Crippen LogP contribution in [-0.2, 0) is 9.84 Å². The Morgan fingerprint density at radius 1 is 0.958 bits per heavy atom. The fraction of sp³-hybridized carbons (Fsp3) is 0.294. The van der Waals surface area contributed by atoms with Gasteiger partial charge >= 0.3 is 0 Å². The van der Waals surface area contributed by atoms with Crippen molar-refractivity contribution < 1.29 is 18.6 Å². The molecule has 128 valence electrons. The monoisotopic (exact) mass is 386 g/mol. The minimum atomic E-state index is -3.75. The fourth-order valence-electron chi connectivity index (χ4n) is 3.35. The van der Waals surface area contributed by atoms with Gasteiger partial charge in [-0.25, -0.2) is 8.42 Å². The third kappa shape index (κ3) is 2.74. The molecule has 4 nitrogen and oxygen atoms in total. The Balaban J connectivity index is 2.06. The second-order valence-electron chi connectivity index (χ2n) is 6.00. The number of halogens is 2. The maximum absolute atomic E-state index is 13.0. The first kappa shape index (κ1) is 17.7. The van der Waals surface area contributed by atoms with Gasteiger partial charge in [0.2, 0.25) is 0 Å².